The lowest BCUT2D eigenvalue weighted by atomic mass is 10.1. The van der Waals surface area contributed by atoms with Crippen LogP contribution < -0.4 is 15.1 Å². The van der Waals surface area contributed by atoms with Gasteiger partial charge in [-0.2, -0.15) is 0 Å². The van der Waals surface area contributed by atoms with Crippen LogP contribution in [-0.2, 0) is 14.4 Å². The van der Waals surface area contributed by atoms with E-state index in [0.717, 1.165) is 0 Å². The third kappa shape index (κ3) is 2.82. The molecule has 1 fully saturated rings. The Labute approximate surface area is 155 Å². The first kappa shape index (κ1) is 16.6. The molecule has 2 aromatic carbocycles. The van der Waals surface area contributed by atoms with Gasteiger partial charge < -0.3 is 15.1 Å². The van der Waals surface area contributed by atoms with Crippen LogP contribution in [0.3, 0.4) is 0 Å². The number of hydrogen-bond acceptors (Lipinski definition) is 3. The standard InChI is InChI=1S/C19H16ClN3O3/c20-13-5-1-3-7-15(13)22-10-12(9-18(22)25)19(26)23-11-17(24)21-14-6-2-4-8-16(14)23/h1-8,12H,9-11H2,(H,21,24). The Balaban J connectivity index is 1.59. The molecule has 3 amide bonds. The van der Waals surface area contributed by atoms with Crippen LogP contribution in [0, 0.1) is 5.92 Å². The molecule has 1 saturated heterocycles. The van der Waals surface area contributed by atoms with Crippen molar-refractivity contribution in [3.05, 3.63) is 53.6 Å². The summed E-state index contributed by atoms with van der Waals surface area (Å²) >= 11 is 6.19. The van der Waals surface area contributed by atoms with Crippen LogP contribution >= 0.6 is 11.6 Å². The summed E-state index contributed by atoms with van der Waals surface area (Å²) in [5.41, 5.74) is 1.86. The smallest absolute Gasteiger partial charge is 0.244 e. The van der Waals surface area contributed by atoms with Crippen molar-refractivity contribution >= 4 is 46.4 Å². The average molecular weight is 370 g/mol. The van der Waals surface area contributed by atoms with Gasteiger partial charge in [-0.05, 0) is 24.3 Å². The zero-order chi connectivity index (χ0) is 18.3. The van der Waals surface area contributed by atoms with Gasteiger partial charge in [-0.15, -0.1) is 0 Å². The Morgan fingerprint density at radius 1 is 1.04 bits per heavy atom. The Kier molecular flexibility index (Phi) is 4.12. The van der Waals surface area contributed by atoms with Gasteiger partial charge in [0.05, 0.1) is 28.0 Å². The minimum atomic E-state index is -0.516. The molecule has 0 aliphatic carbocycles. The lowest BCUT2D eigenvalue weighted by Crippen LogP contribution is -2.45. The molecule has 0 bridgehead atoms. The molecule has 6 nitrogen and oxygen atoms in total. The number of nitrogens with zero attached hydrogens (tertiary/aromatic N) is 2. The van der Waals surface area contributed by atoms with Crippen molar-refractivity contribution in [1.29, 1.82) is 0 Å². The normalized spacial score (nSPS) is 19.3. The first-order valence-electron chi connectivity index (χ1n) is 8.30. The zero-order valence-corrected chi connectivity index (χ0v) is 14.6. The van der Waals surface area contributed by atoms with Crippen molar-refractivity contribution in [1.82, 2.24) is 0 Å². The summed E-state index contributed by atoms with van der Waals surface area (Å²) < 4.78 is 0. The average Bonchev–Trinajstić information content (AvgIpc) is 3.02. The summed E-state index contributed by atoms with van der Waals surface area (Å²) in [6.45, 7) is 0.203. The number of amides is 3. The number of fused-ring (bicyclic) bond motifs is 1. The van der Waals surface area contributed by atoms with Gasteiger partial charge in [-0.1, -0.05) is 35.9 Å². The molecule has 2 aliphatic rings. The Hall–Kier alpha value is -2.86. The van der Waals surface area contributed by atoms with Crippen molar-refractivity contribution < 1.29 is 14.4 Å². The quantitative estimate of drug-likeness (QED) is 0.884. The van der Waals surface area contributed by atoms with Gasteiger partial charge in [0, 0.05) is 13.0 Å². The molecule has 0 aromatic heterocycles. The van der Waals surface area contributed by atoms with E-state index in [2.05, 4.69) is 5.32 Å². The van der Waals surface area contributed by atoms with Crippen LogP contribution in [-0.4, -0.2) is 30.8 Å². The van der Waals surface area contributed by atoms with Crippen molar-refractivity contribution in [3.8, 4) is 0 Å². The molecule has 0 radical (unpaired) electrons. The monoisotopic (exact) mass is 369 g/mol. The second kappa shape index (κ2) is 6.46. The first-order chi connectivity index (χ1) is 12.5. The molecule has 1 unspecified atom stereocenters. The maximum absolute atomic E-state index is 13.1. The summed E-state index contributed by atoms with van der Waals surface area (Å²) in [5, 5.41) is 3.23. The molecule has 7 heteroatoms. The first-order valence-corrected chi connectivity index (χ1v) is 8.67. The molecule has 2 aliphatic heterocycles. The number of benzene rings is 2. The fourth-order valence-corrected chi connectivity index (χ4v) is 3.66. The van der Waals surface area contributed by atoms with E-state index in [1.165, 1.54) is 4.90 Å². The molecule has 0 spiro atoms. The van der Waals surface area contributed by atoms with Crippen molar-refractivity contribution in [2.24, 2.45) is 5.92 Å². The highest BCUT2D eigenvalue weighted by Gasteiger charge is 2.39. The number of halogens is 1. The second-order valence-electron chi connectivity index (χ2n) is 6.35. The summed E-state index contributed by atoms with van der Waals surface area (Å²) in [6.07, 6.45) is 0.102. The SMILES string of the molecule is O=C1CN(C(=O)C2CC(=O)N(c3ccccc3Cl)C2)c2ccccc2N1. The van der Waals surface area contributed by atoms with Crippen LogP contribution in [0.1, 0.15) is 6.42 Å². The number of rotatable bonds is 2. The van der Waals surface area contributed by atoms with Crippen LogP contribution in [0.15, 0.2) is 48.5 Å². The maximum Gasteiger partial charge on any atom is 0.244 e. The Morgan fingerprint density at radius 2 is 1.73 bits per heavy atom. The van der Waals surface area contributed by atoms with E-state index in [9.17, 15) is 14.4 Å². The third-order valence-corrected chi connectivity index (χ3v) is 4.97. The molecule has 1 N–H and O–H groups in total. The lowest BCUT2D eigenvalue weighted by molar-refractivity contribution is -0.125. The summed E-state index contributed by atoms with van der Waals surface area (Å²) in [7, 11) is 0. The molecular formula is C19H16ClN3O3. The van der Waals surface area contributed by atoms with Crippen LogP contribution in [0.2, 0.25) is 5.02 Å². The van der Waals surface area contributed by atoms with Crippen LogP contribution in [0.5, 0.6) is 0 Å². The number of hydrogen-bond donors (Lipinski definition) is 1. The molecule has 1 atom stereocenters. The number of carbonyl (C=O) groups is 3. The van der Waals surface area contributed by atoms with Gasteiger partial charge in [0.2, 0.25) is 17.7 Å². The number of carbonyl (C=O) groups excluding carboxylic acids is 3. The minimum Gasteiger partial charge on any atom is -0.323 e. The van der Waals surface area contributed by atoms with Gasteiger partial charge in [0.15, 0.2) is 0 Å². The van der Waals surface area contributed by atoms with Gasteiger partial charge in [-0.3, -0.25) is 14.4 Å². The van der Waals surface area contributed by atoms with E-state index in [-0.39, 0.29) is 37.2 Å². The molecule has 0 saturated carbocycles. The number of anilines is 3. The lowest BCUT2D eigenvalue weighted by Gasteiger charge is -2.30. The molecule has 2 heterocycles. The molecular weight excluding hydrogens is 354 g/mol. The van der Waals surface area contributed by atoms with E-state index < -0.39 is 5.92 Å². The van der Waals surface area contributed by atoms with Gasteiger partial charge in [0.25, 0.3) is 0 Å². The minimum absolute atomic E-state index is 0.0490. The van der Waals surface area contributed by atoms with E-state index in [1.807, 2.05) is 6.07 Å². The maximum atomic E-state index is 13.1. The Bertz CT molecular complexity index is 914. The van der Waals surface area contributed by atoms with Crippen LogP contribution in [0.4, 0.5) is 17.1 Å². The van der Waals surface area contributed by atoms with Crippen LogP contribution in [0.25, 0.3) is 0 Å². The zero-order valence-electron chi connectivity index (χ0n) is 13.8. The molecule has 26 heavy (non-hydrogen) atoms. The molecule has 4 rings (SSSR count). The van der Waals surface area contributed by atoms with E-state index in [1.54, 1.807) is 47.4 Å². The number of para-hydroxylation sites is 3. The van der Waals surface area contributed by atoms with E-state index >= 15 is 0 Å². The van der Waals surface area contributed by atoms with Gasteiger partial charge >= 0.3 is 0 Å². The molecule has 2 aromatic rings. The summed E-state index contributed by atoms with van der Waals surface area (Å²) in [6, 6.07) is 14.2. The predicted octanol–water partition coefficient (Wildman–Crippen LogP) is 2.68. The highest BCUT2D eigenvalue weighted by molar-refractivity contribution is 6.34. The second-order valence-corrected chi connectivity index (χ2v) is 6.75. The molecule has 132 valence electrons. The largest absolute Gasteiger partial charge is 0.323 e. The van der Waals surface area contributed by atoms with E-state index in [4.69, 9.17) is 11.6 Å². The van der Waals surface area contributed by atoms with Crippen molar-refractivity contribution in [2.75, 3.05) is 28.2 Å². The van der Waals surface area contributed by atoms with Gasteiger partial charge in [-0.25, -0.2) is 0 Å². The third-order valence-electron chi connectivity index (χ3n) is 4.65. The number of nitrogens with one attached hydrogen (secondary N) is 1. The topological polar surface area (TPSA) is 69.7 Å². The fraction of sp³-hybridized carbons (Fsp3) is 0.211. The predicted molar refractivity (Wildman–Crippen MR) is 99.3 cm³/mol. The highest BCUT2D eigenvalue weighted by atomic mass is 35.5. The fourth-order valence-electron chi connectivity index (χ4n) is 3.43. The van der Waals surface area contributed by atoms with Gasteiger partial charge in [0.1, 0.15) is 6.54 Å². The Morgan fingerprint density at radius 3 is 2.50 bits per heavy atom. The highest BCUT2D eigenvalue weighted by Crippen LogP contribution is 2.34. The van der Waals surface area contributed by atoms with E-state index in [0.29, 0.717) is 22.1 Å². The summed E-state index contributed by atoms with van der Waals surface area (Å²) in [5.74, 6) is -1.14. The summed E-state index contributed by atoms with van der Waals surface area (Å²) in [4.78, 5) is 40.5. The van der Waals surface area contributed by atoms with Crippen molar-refractivity contribution in [2.45, 2.75) is 6.42 Å². The van der Waals surface area contributed by atoms with Crippen molar-refractivity contribution in [3.63, 3.8) is 0 Å².